The second kappa shape index (κ2) is 8.41. The van der Waals surface area contributed by atoms with Crippen LogP contribution in [0.4, 0.5) is 10.1 Å². The molecule has 0 amide bonds. The number of piperazine rings is 1. The first-order chi connectivity index (χ1) is 12.5. The first-order valence-electron chi connectivity index (χ1n) is 9.52. The number of rotatable bonds is 6. The van der Waals surface area contributed by atoms with Crippen LogP contribution in [0.1, 0.15) is 35.6 Å². The van der Waals surface area contributed by atoms with Crippen LogP contribution in [0.25, 0.3) is 0 Å². The Balaban J connectivity index is 1.77. The zero-order valence-electron chi connectivity index (χ0n) is 15.7. The van der Waals surface area contributed by atoms with Crippen LogP contribution in [0.3, 0.4) is 0 Å². The lowest BCUT2D eigenvalue weighted by molar-refractivity contribution is 0.265. The topological polar surface area (TPSA) is 15.3 Å². The molecule has 1 atom stereocenters. The first kappa shape index (κ1) is 19.2. The monoisotopic (exact) mass is 374 g/mol. The van der Waals surface area contributed by atoms with Gasteiger partial charge < -0.3 is 10.2 Å². The Hall–Kier alpha value is -1.58. The van der Waals surface area contributed by atoms with Crippen molar-refractivity contribution >= 4 is 17.3 Å². The van der Waals surface area contributed by atoms with Crippen molar-refractivity contribution in [2.75, 3.05) is 31.1 Å². The molecule has 140 valence electrons. The van der Waals surface area contributed by atoms with E-state index < -0.39 is 5.13 Å². The number of anilines is 1. The summed E-state index contributed by atoms with van der Waals surface area (Å²) >= 11 is 6.34. The lowest BCUT2D eigenvalue weighted by Gasteiger charge is -2.32. The molecule has 0 bridgehead atoms. The van der Waals surface area contributed by atoms with Crippen molar-refractivity contribution in [3.63, 3.8) is 0 Å². The molecule has 0 aromatic heterocycles. The number of nitrogens with zero attached hydrogens (tertiary/aromatic N) is 1. The average molecular weight is 375 g/mol. The molecule has 1 fully saturated rings. The molecule has 1 unspecified atom stereocenters. The van der Waals surface area contributed by atoms with Gasteiger partial charge in [0.2, 0.25) is 5.13 Å². The molecular formula is C22H28ClFN2. The standard InChI is InChI=1S/C22H28ClFN2/c1-3-18-16-20(8-9-21(18)26-14-12-25-13-15-26)22(23,24)11-10-19-7-5-4-6-17(19)2/h4-9,16,25H,3,10-15H2,1-2H3. The summed E-state index contributed by atoms with van der Waals surface area (Å²) in [4.78, 5) is 2.38. The highest BCUT2D eigenvalue weighted by Gasteiger charge is 2.30. The Morgan fingerprint density at radius 1 is 1.12 bits per heavy atom. The Morgan fingerprint density at radius 3 is 2.54 bits per heavy atom. The van der Waals surface area contributed by atoms with E-state index in [1.807, 2.05) is 36.4 Å². The molecule has 1 heterocycles. The van der Waals surface area contributed by atoms with E-state index in [1.54, 1.807) is 0 Å². The third-order valence-corrected chi connectivity index (χ3v) is 5.72. The Morgan fingerprint density at radius 2 is 1.85 bits per heavy atom. The molecule has 2 aromatic rings. The highest BCUT2D eigenvalue weighted by molar-refractivity contribution is 6.22. The molecule has 1 aliphatic rings. The summed E-state index contributed by atoms with van der Waals surface area (Å²) in [7, 11) is 0. The van der Waals surface area contributed by atoms with Crippen LogP contribution in [0, 0.1) is 6.92 Å². The maximum atomic E-state index is 15.3. The quantitative estimate of drug-likeness (QED) is 0.719. The van der Waals surface area contributed by atoms with Crippen molar-refractivity contribution in [3.05, 3.63) is 64.7 Å². The van der Waals surface area contributed by atoms with Gasteiger partial charge in [-0.15, -0.1) is 0 Å². The second-order valence-electron chi connectivity index (χ2n) is 7.07. The molecule has 0 radical (unpaired) electrons. The number of alkyl halides is 2. The summed E-state index contributed by atoms with van der Waals surface area (Å²) in [6.07, 6.45) is 1.78. The number of nitrogens with one attached hydrogen (secondary N) is 1. The van der Waals surface area contributed by atoms with Crippen molar-refractivity contribution in [1.82, 2.24) is 5.32 Å². The molecule has 0 saturated carbocycles. The van der Waals surface area contributed by atoms with Gasteiger partial charge in [-0.05, 0) is 48.6 Å². The minimum atomic E-state index is -1.84. The summed E-state index contributed by atoms with van der Waals surface area (Å²) in [5.74, 6) is 0. The van der Waals surface area contributed by atoms with Crippen LogP contribution < -0.4 is 10.2 Å². The Labute approximate surface area is 161 Å². The van der Waals surface area contributed by atoms with Crippen molar-refractivity contribution in [2.24, 2.45) is 0 Å². The summed E-state index contributed by atoms with van der Waals surface area (Å²) in [6.45, 7) is 8.13. The number of benzene rings is 2. The smallest absolute Gasteiger partial charge is 0.209 e. The maximum absolute atomic E-state index is 15.3. The fourth-order valence-corrected chi connectivity index (χ4v) is 3.85. The number of hydrogen-bond donors (Lipinski definition) is 1. The molecule has 2 nitrogen and oxygen atoms in total. The van der Waals surface area contributed by atoms with Gasteiger partial charge in [-0.1, -0.05) is 48.9 Å². The SMILES string of the molecule is CCc1cc(C(F)(Cl)CCc2ccccc2C)ccc1N1CCNCC1. The lowest BCUT2D eigenvalue weighted by atomic mass is 9.96. The maximum Gasteiger partial charge on any atom is 0.209 e. The van der Waals surface area contributed by atoms with E-state index in [0.717, 1.165) is 38.2 Å². The molecule has 1 aliphatic heterocycles. The highest BCUT2D eigenvalue weighted by Crippen LogP contribution is 2.38. The zero-order valence-corrected chi connectivity index (χ0v) is 16.5. The van der Waals surface area contributed by atoms with E-state index >= 15 is 4.39 Å². The molecule has 26 heavy (non-hydrogen) atoms. The number of hydrogen-bond acceptors (Lipinski definition) is 2. The molecule has 2 aromatic carbocycles. The normalized spacial score (nSPS) is 17.2. The van der Waals surface area contributed by atoms with Crippen molar-refractivity contribution in [3.8, 4) is 0 Å². The zero-order chi connectivity index (χ0) is 18.6. The molecule has 0 spiro atoms. The predicted molar refractivity (Wildman–Crippen MR) is 109 cm³/mol. The van der Waals surface area contributed by atoms with Crippen molar-refractivity contribution < 1.29 is 4.39 Å². The van der Waals surface area contributed by atoms with E-state index in [1.165, 1.54) is 16.8 Å². The van der Waals surface area contributed by atoms with Crippen LogP contribution in [-0.4, -0.2) is 26.2 Å². The van der Waals surface area contributed by atoms with Gasteiger partial charge in [0, 0.05) is 43.9 Å². The predicted octanol–water partition coefficient (Wildman–Crippen LogP) is 4.96. The number of aryl methyl sites for hydroxylation is 3. The number of halogens is 2. The summed E-state index contributed by atoms with van der Waals surface area (Å²) in [5, 5.41) is 1.53. The van der Waals surface area contributed by atoms with Crippen LogP contribution in [0.2, 0.25) is 0 Å². The Kier molecular flexibility index (Phi) is 6.20. The van der Waals surface area contributed by atoms with Crippen LogP contribution in [-0.2, 0) is 18.0 Å². The van der Waals surface area contributed by atoms with Gasteiger partial charge in [-0.25, -0.2) is 4.39 Å². The minimum absolute atomic E-state index is 0.273. The molecule has 3 rings (SSSR count). The second-order valence-corrected chi connectivity index (χ2v) is 7.66. The average Bonchev–Trinajstić information content (AvgIpc) is 2.67. The molecular weight excluding hydrogens is 347 g/mol. The van der Waals surface area contributed by atoms with E-state index in [9.17, 15) is 0 Å². The van der Waals surface area contributed by atoms with Gasteiger partial charge in [-0.3, -0.25) is 0 Å². The third-order valence-electron chi connectivity index (χ3n) is 5.31. The summed E-state index contributed by atoms with van der Waals surface area (Å²) in [6, 6.07) is 14.0. The fraction of sp³-hybridized carbons (Fsp3) is 0.455. The van der Waals surface area contributed by atoms with E-state index in [0.29, 0.717) is 12.0 Å². The molecule has 0 aliphatic carbocycles. The third kappa shape index (κ3) is 4.39. The summed E-state index contributed by atoms with van der Waals surface area (Å²) < 4.78 is 15.3. The Bertz CT molecular complexity index is 739. The van der Waals surface area contributed by atoms with Crippen molar-refractivity contribution in [2.45, 2.75) is 38.2 Å². The largest absolute Gasteiger partial charge is 0.369 e. The summed E-state index contributed by atoms with van der Waals surface area (Å²) in [5.41, 5.74) is 5.29. The molecule has 1 N–H and O–H groups in total. The molecule has 4 heteroatoms. The van der Waals surface area contributed by atoms with Crippen LogP contribution in [0.15, 0.2) is 42.5 Å². The highest BCUT2D eigenvalue weighted by atomic mass is 35.5. The van der Waals surface area contributed by atoms with Crippen LogP contribution >= 0.6 is 11.6 Å². The van der Waals surface area contributed by atoms with Gasteiger partial charge in [0.1, 0.15) is 0 Å². The van der Waals surface area contributed by atoms with Crippen LogP contribution in [0.5, 0.6) is 0 Å². The van der Waals surface area contributed by atoms with Crippen molar-refractivity contribution in [1.29, 1.82) is 0 Å². The first-order valence-corrected chi connectivity index (χ1v) is 9.90. The van der Waals surface area contributed by atoms with Gasteiger partial charge in [0.05, 0.1) is 0 Å². The van der Waals surface area contributed by atoms with Gasteiger partial charge in [-0.2, -0.15) is 0 Å². The van der Waals surface area contributed by atoms with E-state index in [4.69, 9.17) is 11.6 Å². The van der Waals surface area contributed by atoms with E-state index in [2.05, 4.69) is 30.1 Å². The lowest BCUT2D eigenvalue weighted by Crippen LogP contribution is -2.43. The van der Waals surface area contributed by atoms with Gasteiger partial charge in [0.25, 0.3) is 0 Å². The minimum Gasteiger partial charge on any atom is -0.369 e. The van der Waals surface area contributed by atoms with Gasteiger partial charge >= 0.3 is 0 Å². The van der Waals surface area contributed by atoms with Gasteiger partial charge in [0.15, 0.2) is 0 Å². The fourth-order valence-electron chi connectivity index (χ4n) is 3.64. The molecule has 1 saturated heterocycles. The van der Waals surface area contributed by atoms with E-state index in [-0.39, 0.29) is 6.42 Å².